The molecule has 1 fully saturated rings. The summed E-state index contributed by atoms with van der Waals surface area (Å²) in [6, 6.07) is 0. The summed E-state index contributed by atoms with van der Waals surface area (Å²) in [5.74, 6) is 0.435. The fourth-order valence-corrected chi connectivity index (χ4v) is 4.05. The Labute approximate surface area is 153 Å². The molecule has 2 bridgehead atoms. The first-order chi connectivity index (χ1) is 11.6. The average Bonchev–Trinajstić information content (AvgIpc) is 2.79. The van der Waals surface area contributed by atoms with E-state index in [0.717, 1.165) is 24.0 Å². The summed E-state index contributed by atoms with van der Waals surface area (Å²) in [5.41, 5.74) is 5.05. The number of carbonyl (C=O) groups excluding carboxylic acids is 1. The van der Waals surface area contributed by atoms with Gasteiger partial charge >= 0.3 is 5.97 Å². The number of fused-ring (bicyclic) bond motifs is 2. The van der Waals surface area contributed by atoms with Crippen LogP contribution in [-0.4, -0.2) is 23.8 Å². The molecule has 0 aromatic heterocycles. The van der Waals surface area contributed by atoms with Crippen molar-refractivity contribution < 1.29 is 14.3 Å². The van der Waals surface area contributed by atoms with Gasteiger partial charge in [-0.3, -0.25) is 4.79 Å². The van der Waals surface area contributed by atoms with Crippen LogP contribution in [0.2, 0.25) is 0 Å². The maximum atomic E-state index is 12.7. The van der Waals surface area contributed by atoms with Gasteiger partial charge in [0.15, 0.2) is 0 Å². The molecule has 0 saturated carbocycles. The summed E-state index contributed by atoms with van der Waals surface area (Å²) >= 11 is 0. The van der Waals surface area contributed by atoms with Crippen LogP contribution >= 0.6 is 0 Å². The summed E-state index contributed by atoms with van der Waals surface area (Å²) in [7, 11) is 0. The van der Waals surface area contributed by atoms with Crippen molar-refractivity contribution in [3.05, 3.63) is 29.5 Å². The number of esters is 1. The van der Waals surface area contributed by atoms with Crippen molar-refractivity contribution in [2.45, 2.75) is 79.1 Å². The van der Waals surface area contributed by atoms with Gasteiger partial charge in [0.1, 0.15) is 6.10 Å². The van der Waals surface area contributed by atoms with Crippen molar-refractivity contribution in [1.82, 2.24) is 0 Å². The monoisotopic (exact) mass is 346 g/mol. The predicted molar refractivity (Wildman–Crippen MR) is 101 cm³/mol. The molecule has 140 valence electrons. The SMILES string of the molecule is C=C1C(C)C2OC1(C)CC(C)C(C)C=C=C(C)C(CC)OC(=O)C2C. The first-order valence-electron chi connectivity index (χ1n) is 9.61. The molecule has 2 rings (SSSR count). The van der Waals surface area contributed by atoms with E-state index in [2.05, 4.69) is 46.1 Å². The van der Waals surface area contributed by atoms with Gasteiger partial charge in [0.2, 0.25) is 0 Å². The zero-order valence-corrected chi connectivity index (χ0v) is 16.9. The topological polar surface area (TPSA) is 35.5 Å². The van der Waals surface area contributed by atoms with Gasteiger partial charge in [-0.2, -0.15) is 0 Å². The van der Waals surface area contributed by atoms with Crippen LogP contribution < -0.4 is 0 Å². The Morgan fingerprint density at radius 2 is 1.92 bits per heavy atom. The van der Waals surface area contributed by atoms with Gasteiger partial charge in [0.25, 0.3) is 0 Å². The van der Waals surface area contributed by atoms with Gasteiger partial charge in [0, 0.05) is 11.5 Å². The number of ether oxygens (including phenoxy) is 2. The van der Waals surface area contributed by atoms with Crippen LogP contribution in [0.3, 0.4) is 0 Å². The van der Waals surface area contributed by atoms with Crippen molar-refractivity contribution in [3.8, 4) is 0 Å². The predicted octanol–water partition coefficient (Wildman–Crippen LogP) is 5.07. The maximum Gasteiger partial charge on any atom is 0.311 e. The third-order valence-electron chi connectivity index (χ3n) is 6.28. The number of cyclic esters (lactones) is 1. The Morgan fingerprint density at radius 3 is 2.52 bits per heavy atom. The second-order valence-corrected chi connectivity index (χ2v) is 8.28. The molecule has 0 radical (unpaired) electrons. The number of hydrogen-bond donors (Lipinski definition) is 0. The van der Waals surface area contributed by atoms with E-state index < -0.39 is 5.60 Å². The minimum absolute atomic E-state index is 0.144. The third-order valence-corrected chi connectivity index (χ3v) is 6.28. The minimum Gasteiger partial charge on any atom is -0.457 e. The van der Waals surface area contributed by atoms with Crippen LogP contribution in [0.1, 0.15) is 61.3 Å². The first-order valence-corrected chi connectivity index (χ1v) is 9.61. The van der Waals surface area contributed by atoms with E-state index in [1.54, 1.807) is 0 Å². The lowest BCUT2D eigenvalue weighted by Crippen LogP contribution is -2.35. The van der Waals surface area contributed by atoms with Crippen LogP contribution in [0.5, 0.6) is 0 Å². The van der Waals surface area contributed by atoms with Crippen LogP contribution in [-0.2, 0) is 14.3 Å². The highest BCUT2D eigenvalue weighted by molar-refractivity contribution is 5.73. The Morgan fingerprint density at radius 1 is 1.28 bits per heavy atom. The van der Waals surface area contributed by atoms with Crippen LogP contribution in [0.25, 0.3) is 0 Å². The Bertz CT molecular complexity index is 598. The molecule has 7 atom stereocenters. The highest BCUT2D eigenvalue weighted by Crippen LogP contribution is 2.46. The summed E-state index contributed by atoms with van der Waals surface area (Å²) in [6.07, 6.45) is 3.36. The van der Waals surface area contributed by atoms with E-state index in [4.69, 9.17) is 9.47 Å². The molecule has 25 heavy (non-hydrogen) atoms. The van der Waals surface area contributed by atoms with Gasteiger partial charge in [-0.25, -0.2) is 0 Å². The molecule has 7 unspecified atom stereocenters. The van der Waals surface area contributed by atoms with Gasteiger partial charge < -0.3 is 9.47 Å². The van der Waals surface area contributed by atoms with E-state index in [9.17, 15) is 4.79 Å². The fraction of sp³-hybridized carbons (Fsp3) is 0.727. The summed E-state index contributed by atoms with van der Waals surface area (Å²) in [5, 5.41) is 0. The van der Waals surface area contributed by atoms with Crippen molar-refractivity contribution >= 4 is 5.97 Å². The van der Waals surface area contributed by atoms with Crippen molar-refractivity contribution in [1.29, 1.82) is 0 Å². The van der Waals surface area contributed by atoms with E-state index in [-0.39, 0.29) is 30.0 Å². The molecule has 0 aliphatic carbocycles. The fourth-order valence-electron chi connectivity index (χ4n) is 4.05. The van der Waals surface area contributed by atoms with Crippen molar-refractivity contribution in [2.24, 2.45) is 23.7 Å². The molecule has 0 spiro atoms. The molecule has 2 heterocycles. The normalized spacial score (nSPS) is 42.9. The van der Waals surface area contributed by atoms with Gasteiger partial charge in [-0.05, 0) is 57.1 Å². The Hall–Kier alpha value is -1.31. The second kappa shape index (κ2) is 7.51. The Kier molecular flexibility index (Phi) is 6.01. The van der Waals surface area contributed by atoms with Crippen molar-refractivity contribution in [2.75, 3.05) is 0 Å². The Balaban J connectivity index is 2.44. The highest BCUT2D eigenvalue weighted by atomic mass is 16.6. The summed E-state index contributed by atoms with van der Waals surface area (Å²) in [4.78, 5) is 12.7. The molecule has 0 aromatic rings. The van der Waals surface area contributed by atoms with E-state index in [1.165, 1.54) is 0 Å². The zero-order chi connectivity index (χ0) is 18.9. The van der Waals surface area contributed by atoms with Gasteiger partial charge in [-0.15, -0.1) is 5.73 Å². The lowest BCUT2D eigenvalue weighted by atomic mass is 9.78. The number of hydrogen-bond acceptors (Lipinski definition) is 3. The summed E-state index contributed by atoms with van der Waals surface area (Å²) < 4.78 is 12.2. The molecular weight excluding hydrogens is 312 g/mol. The molecule has 2 aliphatic heterocycles. The largest absolute Gasteiger partial charge is 0.457 e. The summed E-state index contributed by atoms with van der Waals surface area (Å²) in [6.45, 7) is 18.9. The lowest BCUT2D eigenvalue weighted by Gasteiger charge is -2.31. The van der Waals surface area contributed by atoms with Crippen LogP contribution in [0.4, 0.5) is 0 Å². The first kappa shape index (κ1) is 20.0. The molecule has 0 aromatic carbocycles. The lowest BCUT2D eigenvalue weighted by molar-refractivity contribution is -0.160. The molecule has 0 amide bonds. The molecule has 3 nitrogen and oxygen atoms in total. The van der Waals surface area contributed by atoms with Crippen LogP contribution in [0.15, 0.2) is 29.5 Å². The quantitative estimate of drug-likeness (QED) is 0.378. The van der Waals surface area contributed by atoms with E-state index in [0.29, 0.717) is 11.8 Å². The number of rotatable bonds is 1. The minimum atomic E-state index is -0.392. The second-order valence-electron chi connectivity index (χ2n) is 8.28. The smallest absolute Gasteiger partial charge is 0.311 e. The maximum absolute atomic E-state index is 12.7. The average molecular weight is 347 g/mol. The molecular formula is C22H34O3. The van der Waals surface area contributed by atoms with E-state index in [1.807, 2.05) is 20.8 Å². The highest BCUT2D eigenvalue weighted by Gasteiger charge is 2.49. The van der Waals surface area contributed by atoms with Gasteiger partial charge in [0.05, 0.1) is 17.6 Å². The molecule has 1 saturated heterocycles. The number of carbonyl (C=O) groups is 1. The molecule has 2 aliphatic rings. The molecule has 3 heteroatoms. The van der Waals surface area contributed by atoms with Crippen molar-refractivity contribution in [3.63, 3.8) is 0 Å². The zero-order valence-electron chi connectivity index (χ0n) is 16.9. The third kappa shape index (κ3) is 3.93. The molecule has 0 N–H and O–H groups in total. The van der Waals surface area contributed by atoms with E-state index >= 15 is 0 Å². The standard InChI is InChI=1S/C22H34O3/c1-9-19-14(3)11-10-13(2)15(4)12-22(8)18(7)16(5)20(25-22)17(6)21(23)24-19/h10,13,15-17,19-20H,7,9,12H2,1-6,8H3. The van der Waals surface area contributed by atoms with Gasteiger partial charge in [-0.1, -0.05) is 34.3 Å². The van der Waals surface area contributed by atoms with Crippen LogP contribution in [0, 0.1) is 23.7 Å².